The third kappa shape index (κ3) is 2.33. The average molecular weight is 281 g/mol. The summed E-state index contributed by atoms with van der Waals surface area (Å²) in [5.74, 6) is 1.16. The lowest BCUT2D eigenvalue weighted by Crippen LogP contribution is -2.00. The average Bonchev–Trinajstić information content (AvgIpc) is 2.49. The minimum atomic E-state index is -0.218. The number of anilines is 1. The van der Waals surface area contributed by atoms with E-state index in [4.69, 9.17) is 0 Å². The van der Waals surface area contributed by atoms with Crippen LogP contribution in [0.4, 0.5) is 10.2 Å². The Hall–Kier alpha value is -2.49. The van der Waals surface area contributed by atoms with Crippen molar-refractivity contribution >= 4 is 16.7 Å². The second-order valence-electron chi connectivity index (χ2n) is 5.08. The molecule has 1 heterocycles. The fraction of sp³-hybridized carbons (Fsp3) is 0.176. The van der Waals surface area contributed by atoms with E-state index in [9.17, 15) is 4.39 Å². The number of halogens is 1. The van der Waals surface area contributed by atoms with Crippen molar-refractivity contribution in [1.82, 2.24) is 9.97 Å². The van der Waals surface area contributed by atoms with Crippen molar-refractivity contribution < 1.29 is 4.39 Å². The molecule has 3 nitrogen and oxygen atoms in total. The molecule has 0 aliphatic rings. The van der Waals surface area contributed by atoms with Crippen molar-refractivity contribution in [3.05, 3.63) is 53.3 Å². The molecule has 0 bridgehead atoms. The molecule has 1 N–H and O–H groups in total. The Balaban J connectivity index is 2.28. The van der Waals surface area contributed by atoms with Crippen LogP contribution in [0.15, 0.2) is 36.4 Å². The van der Waals surface area contributed by atoms with Gasteiger partial charge in [-0.3, -0.25) is 0 Å². The SMILES string of the molecule is CNc1nc(-c2ccc(F)c(C)c2)nc2c(C)cccc12. The number of nitrogens with one attached hydrogen (secondary N) is 1. The van der Waals surface area contributed by atoms with E-state index in [1.807, 2.05) is 32.2 Å². The molecule has 0 saturated heterocycles. The fourth-order valence-corrected chi connectivity index (χ4v) is 2.40. The van der Waals surface area contributed by atoms with E-state index in [2.05, 4.69) is 15.3 Å². The number of benzene rings is 2. The minimum Gasteiger partial charge on any atom is -0.373 e. The molecule has 4 heteroatoms. The van der Waals surface area contributed by atoms with Crippen molar-refractivity contribution in [2.75, 3.05) is 12.4 Å². The molecule has 0 aliphatic heterocycles. The second kappa shape index (κ2) is 5.13. The van der Waals surface area contributed by atoms with Crippen LogP contribution in [0.25, 0.3) is 22.3 Å². The number of hydrogen-bond donors (Lipinski definition) is 1. The number of hydrogen-bond acceptors (Lipinski definition) is 3. The second-order valence-corrected chi connectivity index (χ2v) is 5.08. The highest BCUT2D eigenvalue weighted by Crippen LogP contribution is 2.27. The smallest absolute Gasteiger partial charge is 0.162 e. The molecule has 0 unspecified atom stereocenters. The van der Waals surface area contributed by atoms with Gasteiger partial charge in [-0.05, 0) is 49.2 Å². The van der Waals surface area contributed by atoms with E-state index in [-0.39, 0.29) is 5.82 Å². The molecule has 3 aromatic rings. The van der Waals surface area contributed by atoms with Gasteiger partial charge in [0.05, 0.1) is 5.52 Å². The largest absolute Gasteiger partial charge is 0.373 e. The van der Waals surface area contributed by atoms with Crippen LogP contribution < -0.4 is 5.32 Å². The van der Waals surface area contributed by atoms with Crippen molar-refractivity contribution in [2.24, 2.45) is 0 Å². The van der Waals surface area contributed by atoms with E-state index >= 15 is 0 Å². The van der Waals surface area contributed by atoms with Crippen molar-refractivity contribution in [2.45, 2.75) is 13.8 Å². The normalized spacial score (nSPS) is 10.9. The molecule has 0 radical (unpaired) electrons. The van der Waals surface area contributed by atoms with E-state index in [1.54, 1.807) is 19.1 Å². The predicted octanol–water partition coefficient (Wildman–Crippen LogP) is 4.09. The highest BCUT2D eigenvalue weighted by Gasteiger charge is 2.11. The topological polar surface area (TPSA) is 37.8 Å². The molecule has 0 saturated carbocycles. The standard InChI is InChI=1S/C17H16FN3/c1-10-5-4-6-13-15(10)20-16(21-17(13)19-3)12-7-8-14(18)11(2)9-12/h4-9H,1-3H3,(H,19,20,21). The van der Waals surface area contributed by atoms with Crippen LogP contribution >= 0.6 is 0 Å². The molecule has 3 rings (SSSR count). The van der Waals surface area contributed by atoms with Crippen LogP contribution in [-0.4, -0.2) is 17.0 Å². The monoisotopic (exact) mass is 281 g/mol. The molecular formula is C17H16FN3. The van der Waals surface area contributed by atoms with E-state index < -0.39 is 0 Å². The van der Waals surface area contributed by atoms with Gasteiger partial charge in [-0.15, -0.1) is 0 Å². The lowest BCUT2D eigenvalue weighted by Gasteiger charge is -2.10. The highest BCUT2D eigenvalue weighted by atomic mass is 19.1. The zero-order valence-corrected chi connectivity index (χ0v) is 12.2. The molecule has 0 spiro atoms. The maximum Gasteiger partial charge on any atom is 0.162 e. The molecule has 0 atom stereocenters. The minimum absolute atomic E-state index is 0.218. The third-order valence-electron chi connectivity index (χ3n) is 3.58. The molecule has 1 aromatic heterocycles. The van der Waals surface area contributed by atoms with Gasteiger partial charge in [-0.1, -0.05) is 12.1 Å². The summed E-state index contributed by atoms with van der Waals surface area (Å²) >= 11 is 0. The molecule has 2 aromatic carbocycles. The van der Waals surface area contributed by atoms with Crippen LogP contribution in [0.2, 0.25) is 0 Å². The Kier molecular flexibility index (Phi) is 3.29. The van der Waals surface area contributed by atoms with Gasteiger partial charge in [-0.25, -0.2) is 14.4 Å². The van der Waals surface area contributed by atoms with Gasteiger partial charge >= 0.3 is 0 Å². The number of fused-ring (bicyclic) bond motifs is 1. The van der Waals surface area contributed by atoms with E-state index in [0.29, 0.717) is 11.4 Å². The van der Waals surface area contributed by atoms with Crippen molar-refractivity contribution in [3.8, 4) is 11.4 Å². The summed E-state index contributed by atoms with van der Waals surface area (Å²) in [4.78, 5) is 9.21. The summed E-state index contributed by atoms with van der Waals surface area (Å²) in [6.45, 7) is 3.76. The molecule has 0 amide bonds. The van der Waals surface area contributed by atoms with Gasteiger partial charge in [0.25, 0.3) is 0 Å². The Morgan fingerprint density at radius 3 is 2.52 bits per heavy atom. The molecule has 0 aliphatic carbocycles. The van der Waals surface area contributed by atoms with E-state index in [0.717, 1.165) is 27.8 Å². The number of aromatic nitrogens is 2. The lowest BCUT2D eigenvalue weighted by molar-refractivity contribution is 0.618. The van der Waals surface area contributed by atoms with Gasteiger partial charge in [0.15, 0.2) is 5.82 Å². The van der Waals surface area contributed by atoms with Gasteiger partial charge in [0.1, 0.15) is 11.6 Å². The quantitative estimate of drug-likeness (QED) is 0.768. The van der Waals surface area contributed by atoms with Crippen molar-refractivity contribution in [3.63, 3.8) is 0 Å². The zero-order chi connectivity index (χ0) is 15.0. The van der Waals surface area contributed by atoms with Crippen LogP contribution in [0.5, 0.6) is 0 Å². The lowest BCUT2D eigenvalue weighted by atomic mass is 10.1. The summed E-state index contributed by atoms with van der Waals surface area (Å²) in [5, 5.41) is 4.09. The first kappa shape index (κ1) is 13.5. The summed E-state index contributed by atoms with van der Waals surface area (Å²) < 4.78 is 13.4. The Morgan fingerprint density at radius 2 is 1.81 bits per heavy atom. The first-order chi connectivity index (χ1) is 10.1. The maximum atomic E-state index is 13.4. The van der Waals surface area contributed by atoms with Gasteiger partial charge in [0, 0.05) is 18.0 Å². The van der Waals surface area contributed by atoms with Crippen LogP contribution in [0.1, 0.15) is 11.1 Å². The van der Waals surface area contributed by atoms with E-state index in [1.165, 1.54) is 6.07 Å². The molecule has 106 valence electrons. The zero-order valence-electron chi connectivity index (χ0n) is 12.2. The van der Waals surface area contributed by atoms with Crippen LogP contribution in [0.3, 0.4) is 0 Å². The number of aryl methyl sites for hydroxylation is 2. The molecule has 0 fully saturated rings. The van der Waals surface area contributed by atoms with Crippen LogP contribution in [-0.2, 0) is 0 Å². The third-order valence-corrected chi connectivity index (χ3v) is 3.58. The molecule has 21 heavy (non-hydrogen) atoms. The van der Waals surface area contributed by atoms with Crippen LogP contribution in [0, 0.1) is 19.7 Å². The summed E-state index contributed by atoms with van der Waals surface area (Å²) in [7, 11) is 1.84. The van der Waals surface area contributed by atoms with Gasteiger partial charge in [0.2, 0.25) is 0 Å². The Morgan fingerprint density at radius 1 is 1.00 bits per heavy atom. The first-order valence-corrected chi connectivity index (χ1v) is 6.82. The van der Waals surface area contributed by atoms with Gasteiger partial charge in [-0.2, -0.15) is 0 Å². The maximum absolute atomic E-state index is 13.4. The number of rotatable bonds is 2. The number of nitrogens with zero attached hydrogens (tertiary/aromatic N) is 2. The summed E-state index contributed by atoms with van der Waals surface area (Å²) in [6.07, 6.45) is 0. The number of para-hydroxylation sites is 1. The highest BCUT2D eigenvalue weighted by molar-refractivity contribution is 5.92. The molecular weight excluding hydrogens is 265 g/mol. The van der Waals surface area contributed by atoms with Gasteiger partial charge < -0.3 is 5.32 Å². The Bertz CT molecular complexity index is 828. The first-order valence-electron chi connectivity index (χ1n) is 6.82. The predicted molar refractivity (Wildman–Crippen MR) is 84.0 cm³/mol. The summed E-state index contributed by atoms with van der Waals surface area (Å²) in [6, 6.07) is 10.9. The fourth-order valence-electron chi connectivity index (χ4n) is 2.40. The van der Waals surface area contributed by atoms with Crippen molar-refractivity contribution in [1.29, 1.82) is 0 Å². The Labute approximate surface area is 122 Å². The summed E-state index contributed by atoms with van der Waals surface area (Å²) in [5.41, 5.74) is 3.41.